The first-order chi connectivity index (χ1) is 9.97. The van der Waals surface area contributed by atoms with Gasteiger partial charge >= 0.3 is 12.5 Å². The molecular formula is C13H10F6O3. The van der Waals surface area contributed by atoms with Crippen LogP contribution in [0.1, 0.15) is 18.9 Å². The van der Waals surface area contributed by atoms with Crippen molar-refractivity contribution in [1.82, 2.24) is 0 Å². The number of phenolic OH excluding ortho intramolecular Hbond substituents is 1. The molecule has 0 bridgehead atoms. The fourth-order valence-electron chi connectivity index (χ4n) is 2.02. The molecule has 0 fully saturated rings. The molecule has 3 nitrogen and oxygen atoms in total. The maximum absolute atomic E-state index is 13.1. The van der Waals surface area contributed by atoms with Crippen molar-refractivity contribution in [2.75, 3.05) is 0 Å². The first-order valence-electron chi connectivity index (χ1n) is 6.05. The lowest BCUT2D eigenvalue weighted by Crippen LogP contribution is -2.49. The number of hydrogen-bond acceptors (Lipinski definition) is 3. The molecule has 0 amide bonds. The lowest BCUT2D eigenvalue weighted by atomic mass is 9.94. The van der Waals surface area contributed by atoms with Crippen molar-refractivity contribution >= 4 is 6.08 Å². The number of rotatable bonds is 2. The second kappa shape index (κ2) is 4.99. The van der Waals surface area contributed by atoms with Gasteiger partial charge in [-0.15, -0.1) is 13.2 Å². The highest BCUT2D eigenvalue weighted by Crippen LogP contribution is 2.47. The monoisotopic (exact) mass is 328 g/mol. The van der Waals surface area contributed by atoms with Crippen LogP contribution in [-0.4, -0.2) is 23.2 Å². The molecule has 1 atom stereocenters. The first kappa shape index (κ1) is 16.3. The number of halogens is 6. The Hall–Kier alpha value is -2.06. The maximum atomic E-state index is 13.1. The summed E-state index contributed by atoms with van der Waals surface area (Å²) in [6.45, 7) is 1.24. The second-order valence-electron chi connectivity index (χ2n) is 4.58. The van der Waals surface area contributed by atoms with Gasteiger partial charge in [0.2, 0.25) is 5.60 Å². The van der Waals surface area contributed by atoms with E-state index in [-0.39, 0.29) is 5.56 Å². The molecule has 1 unspecified atom stereocenters. The summed E-state index contributed by atoms with van der Waals surface area (Å²) in [5, 5.41) is 9.65. The molecule has 0 aliphatic carbocycles. The van der Waals surface area contributed by atoms with Crippen molar-refractivity contribution in [3.8, 4) is 17.2 Å². The molecule has 22 heavy (non-hydrogen) atoms. The Labute approximate surface area is 120 Å². The standard InChI is InChI=1S/C13H10F6O3/c1-2-11(12(14,15)16)4-3-7-5-8(21-13(17,18)19)6-9(20)10(7)22-11/h3-6,20H,2H2,1H3. The number of aromatic hydroxyl groups is 1. The van der Waals surface area contributed by atoms with Crippen LogP contribution in [0.5, 0.6) is 17.2 Å². The van der Waals surface area contributed by atoms with Crippen LogP contribution >= 0.6 is 0 Å². The van der Waals surface area contributed by atoms with Gasteiger partial charge in [0.1, 0.15) is 5.75 Å². The van der Waals surface area contributed by atoms with E-state index in [0.29, 0.717) is 12.1 Å². The van der Waals surface area contributed by atoms with Crippen LogP contribution in [0.4, 0.5) is 26.3 Å². The highest BCUT2D eigenvalue weighted by Gasteiger charge is 2.56. The van der Waals surface area contributed by atoms with E-state index in [1.807, 2.05) is 0 Å². The lowest BCUT2D eigenvalue weighted by Gasteiger charge is -2.35. The van der Waals surface area contributed by atoms with E-state index in [9.17, 15) is 31.4 Å². The van der Waals surface area contributed by atoms with Crippen molar-refractivity contribution in [1.29, 1.82) is 0 Å². The zero-order valence-corrected chi connectivity index (χ0v) is 11.0. The fourth-order valence-corrected chi connectivity index (χ4v) is 2.02. The molecule has 0 spiro atoms. The predicted molar refractivity (Wildman–Crippen MR) is 63.5 cm³/mol. The number of phenols is 1. The van der Waals surface area contributed by atoms with Gasteiger partial charge in [-0.1, -0.05) is 13.0 Å². The van der Waals surface area contributed by atoms with Gasteiger partial charge in [-0.25, -0.2) is 0 Å². The molecular weight excluding hydrogens is 318 g/mol. The molecule has 1 aliphatic rings. The third kappa shape index (κ3) is 2.93. The molecule has 2 rings (SSSR count). The van der Waals surface area contributed by atoms with Crippen LogP contribution in [0.3, 0.4) is 0 Å². The summed E-state index contributed by atoms with van der Waals surface area (Å²) in [6, 6.07) is 1.37. The summed E-state index contributed by atoms with van der Waals surface area (Å²) >= 11 is 0. The second-order valence-corrected chi connectivity index (χ2v) is 4.58. The minimum absolute atomic E-state index is 0.146. The Balaban J connectivity index is 2.44. The summed E-state index contributed by atoms with van der Waals surface area (Å²) in [6.07, 6.45) is -8.56. The number of fused-ring (bicyclic) bond motifs is 1. The minimum atomic E-state index is -4.99. The van der Waals surface area contributed by atoms with E-state index in [0.717, 1.165) is 12.1 Å². The van der Waals surface area contributed by atoms with Crippen molar-refractivity contribution < 1.29 is 40.9 Å². The van der Waals surface area contributed by atoms with Gasteiger partial charge in [-0.3, -0.25) is 0 Å². The van der Waals surface area contributed by atoms with Gasteiger partial charge < -0.3 is 14.6 Å². The number of ether oxygens (including phenoxy) is 2. The molecule has 9 heteroatoms. The number of alkyl halides is 6. The van der Waals surface area contributed by atoms with Crippen molar-refractivity contribution in [3.05, 3.63) is 23.8 Å². The Morgan fingerprint density at radius 1 is 1.18 bits per heavy atom. The van der Waals surface area contributed by atoms with Gasteiger partial charge in [0, 0.05) is 11.6 Å². The normalized spacial score (nSPS) is 21.2. The average molecular weight is 328 g/mol. The van der Waals surface area contributed by atoms with Crippen molar-refractivity contribution in [3.63, 3.8) is 0 Å². The number of benzene rings is 1. The Bertz CT molecular complexity index is 605. The summed E-state index contributed by atoms with van der Waals surface area (Å²) < 4.78 is 84.2. The number of hydrogen-bond donors (Lipinski definition) is 1. The van der Waals surface area contributed by atoms with Crippen LogP contribution in [0.15, 0.2) is 18.2 Å². The quantitative estimate of drug-likeness (QED) is 0.818. The topological polar surface area (TPSA) is 38.7 Å². The van der Waals surface area contributed by atoms with Gasteiger partial charge in [0.25, 0.3) is 0 Å². The SMILES string of the molecule is CCC1(C(F)(F)F)C=Cc2cc(OC(F)(F)F)cc(O)c2O1. The maximum Gasteiger partial charge on any atom is 0.573 e. The van der Waals surface area contributed by atoms with Gasteiger partial charge in [-0.05, 0) is 18.6 Å². The molecule has 1 aromatic carbocycles. The van der Waals surface area contributed by atoms with Crippen molar-refractivity contribution in [2.24, 2.45) is 0 Å². The average Bonchev–Trinajstić information content (AvgIpc) is 2.35. The Morgan fingerprint density at radius 3 is 2.32 bits per heavy atom. The minimum Gasteiger partial charge on any atom is -0.504 e. The van der Waals surface area contributed by atoms with Crippen LogP contribution in [0.2, 0.25) is 0 Å². The molecule has 122 valence electrons. The fraction of sp³-hybridized carbons (Fsp3) is 0.385. The van der Waals surface area contributed by atoms with Gasteiger partial charge in [0.15, 0.2) is 11.5 Å². The molecule has 0 radical (unpaired) electrons. The zero-order chi connectivity index (χ0) is 16.8. The van der Waals surface area contributed by atoms with Crippen molar-refractivity contribution in [2.45, 2.75) is 31.5 Å². The highest BCUT2D eigenvalue weighted by molar-refractivity contribution is 5.67. The lowest BCUT2D eigenvalue weighted by molar-refractivity contribution is -0.274. The zero-order valence-electron chi connectivity index (χ0n) is 11.0. The van der Waals surface area contributed by atoms with E-state index >= 15 is 0 Å². The van der Waals surface area contributed by atoms with E-state index in [4.69, 9.17) is 4.74 Å². The summed E-state index contributed by atoms with van der Waals surface area (Å²) in [7, 11) is 0. The van der Waals surface area contributed by atoms with Crippen LogP contribution in [0, 0.1) is 0 Å². The van der Waals surface area contributed by atoms with E-state index < -0.39 is 41.8 Å². The van der Waals surface area contributed by atoms with Crippen LogP contribution in [-0.2, 0) is 0 Å². The molecule has 1 aliphatic heterocycles. The van der Waals surface area contributed by atoms with Gasteiger partial charge in [0.05, 0.1) is 0 Å². The molecule has 0 aromatic heterocycles. The molecule has 0 saturated heterocycles. The molecule has 1 aromatic rings. The van der Waals surface area contributed by atoms with E-state index in [1.54, 1.807) is 0 Å². The predicted octanol–water partition coefficient (Wildman–Crippen LogP) is 4.41. The Kier molecular flexibility index (Phi) is 3.70. The molecule has 1 N–H and O–H groups in total. The third-order valence-electron chi connectivity index (χ3n) is 3.13. The first-order valence-corrected chi connectivity index (χ1v) is 6.05. The Morgan fingerprint density at radius 2 is 1.82 bits per heavy atom. The smallest absolute Gasteiger partial charge is 0.504 e. The molecule has 0 saturated carbocycles. The van der Waals surface area contributed by atoms with Crippen LogP contribution < -0.4 is 9.47 Å². The van der Waals surface area contributed by atoms with E-state index in [2.05, 4.69) is 4.74 Å². The van der Waals surface area contributed by atoms with Gasteiger partial charge in [-0.2, -0.15) is 13.2 Å². The summed E-state index contributed by atoms with van der Waals surface area (Å²) in [5.41, 5.74) is -2.78. The summed E-state index contributed by atoms with van der Waals surface area (Å²) in [4.78, 5) is 0. The molecule has 1 heterocycles. The van der Waals surface area contributed by atoms with Crippen LogP contribution in [0.25, 0.3) is 6.08 Å². The summed E-state index contributed by atoms with van der Waals surface area (Å²) in [5.74, 6) is -2.17. The highest BCUT2D eigenvalue weighted by atomic mass is 19.4. The third-order valence-corrected chi connectivity index (χ3v) is 3.13. The van der Waals surface area contributed by atoms with E-state index in [1.165, 1.54) is 6.92 Å². The largest absolute Gasteiger partial charge is 0.573 e.